The van der Waals surface area contributed by atoms with Crippen molar-refractivity contribution in [3.05, 3.63) is 28.4 Å². The Morgan fingerprint density at radius 1 is 1.15 bits per heavy atom. The molecule has 1 amide bonds. The summed E-state index contributed by atoms with van der Waals surface area (Å²) in [5.74, 6) is 2.12. The molecule has 0 radical (unpaired) electrons. The van der Waals surface area contributed by atoms with Gasteiger partial charge in [-0.15, -0.1) is 0 Å². The molecule has 0 bridgehead atoms. The fourth-order valence-electron chi connectivity index (χ4n) is 4.27. The standard InChI is InChI=1S/C21H33N3O2/c1-15(2)19-12-20(25)24(14-22-19)13-17-8-10-23(11-9-17)21(26)18-6-4-16(3)5-7-18/h12,14-18H,4-11,13H2,1-3H3. The van der Waals surface area contributed by atoms with E-state index >= 15 is 0 Å². The van der Waals surface area contributed by atoms with E-state index < -0.39 is 0 Å². The molecular formula is C21H33N3O2. The second-order valence-corrected chi connectivity index (χ2v) is 8.68. The topological polar surface area (TPSA) is 55.2 Å². The fraction of sp³-hybridized carbons (Fsp3) is 0.762. The maximum absolute atomic E-state index is 12.7. The molecule has 0 aromatic carbocycles. The second kappa shape index (κ2) is 8.36. The summed E-state index contributed by atoms with van der Waals surface area (Å²) < 4.78 is 1.73. The molecule has 1 saturated heterocycles. The van der Waals surface area contributed by atoms with Gasteiger partial charge >= 0.3 is 0 Å². The number of aromatic nitrogens is 2. The van der Waals surface area contributed by atoms with Gasteiger partial charge in [-0.25, -0.2) is 4.98 Å². The minimum atomic E-state index is 0.0403. The van der Waals surface area contributed by atoms with Crippen LogP contribution in [0.3, 0.4) is 0 Å². The van der Waals surface area contributed by atoms with Crippen LogP contribution in [0, 0.1) is 17.8 Å². The summed E-state index contributed by atoms with van der Waals surface area (Å²) in [6.07, 6.45) is 8.15. The fourth-order valence-corrected chi connectivity index (χ4v) is 4.27. The maximum atomic E-state index is 12.7. The summed E-state index contributed by atoms with van der Waals surface area (Å²) in [5.41, 5.74) is 0.895. The first kappa shape index (κ1) is 19.1. The van der Waals surface area contributed by atoms with Crippen LogP contribution in [-0.2, 0) is 11.3 Å². The van der Waals surface area contributed by atoms with E-state index in [9.17, 15) is 9.59 Å². The molecule has 1 saturated carbocycles. The molecule has 26 heavy (non-hydrogen) atoms. The lowest BCUT2D eigenvalue weighted by Gasteiger charge is -2.36. The number of hydrogen-bond acceptors (Lipinski definition) is 3. The number of likely N-dealkylation sites (tertiary alicyclic amines) is 1. The van der Waals surface area contributed by atoms with Gasteiger partial charge < -0.3 is 4.90 Å². The number of rotatable bonds is 4. The molecule has 1 aliphatic carbocycles. The van der Waals surface area contributed by atoms with Gasteiger partial charge in [0.05, 0.1) is 12.0 Å². The van der Waals surface area contributed by atoms with Crippen molar-refractivity contribution in [3.8, 4) is 0 Å². The average molecular weight is 360 g/mol. The molecule has 1 aromatic rings. The van der Waals surface area contributed by atoms with Gasteiger partial charge in [0.2, 0.25) is 5.91 Å². The normalized spacial score (nSPS) is 24.8. The number of piperidine rings is 1. The molecule has 3 rings (SSSR count). The molecule has 2 aliphatic rings. The van der Waals surface area contributed by atoms with Crippen molar-refractivity contribution in [2.75, 3.05) is 13.1 Å². The van der Waals surface area contributed by atoms with E-state index in [1.807, 2.05) is 13.8 Å². The van der Waals surface area contributed by atoms with Crippen LogP contribution in [0.5, 0.6) is 0 Å². The largest absolute Gasteiger partial charge is 0.342 e. The molecule has 2 heterocycles. The van der Waals surface area contributed by atoms with Crippen LogP contribution in [-0.4, -0.2) is 33.4 Å². The summed E-state index contributed by atoms with van der Waals surface area (Å²) >= 11 is 0. The van der Waals surface area contributed by atoms with E-state index in [4.69, 9.17) is 0 Å². The summed E-state index contributed by atoms with van der Waals surface area (Å²) in [7, 11) is 0. The number of carbonyl (C=O) groups is 1. The second-order valence-electron chi connectivity index (χ2n) is 8.68. The molecule has 1 aromatic heterocycles. The Labute approximate surface area is 156 Å². The predicted octanol–water partition coefficient (Wildman–Crippen LogP) is 3.43. The van der Waals surface area contributed by atoms with Crippen LogP contribution < -0.4 is 5.56 Å². The van der Waals surface area contributed by atoms with Gasteiger partial charge in [0, 0.05) is 31.6 Å². The van der Waals surface area contributed by atoms with Crippen molar-refractivity contribution in [1.29, 1.82) is 0 Å². The van der Waals surface area contributed by atoms with Crippen LogP contribution in [0.2, 0.25) is 0 Å². The third-order valence-electron chi connectivity index (χ3n) is 6.24. The van der Waals surface area contributed by atoms with E-state index in [2.05, 4.69) is 16.8 Å². The number of amides is 1. The van der Waals surface area contributed by atoms with Gasteiger partial charge in [-0.2, -0.15) is 0 Å². The summed E-state index contributed by atoms with van der Waals surface area (Å²) in [4.78, 5) is 31.5. The smallest absolute Gasteiger partial charge is 0.253 e. The molecule has 2 fully saturated rings. The quantitative estimate of drug-likeness (QED) is 0.827. The minimum Gasteiger partial charge on any atom is -0.342 e. The average Bonchev–Trinajstić information content (AvgIpc) is 2.64. The SMILES string of the molecule is CC1CCC(C(=O)N2CCC(Cn3cnc(C(C)C)cc3=O)CC2)CC1. The van der Waals surface area contributed by atoms with Gasteiger partial charge in [0.15, 0.2) is 0 Å². The summed E-state index contributed by atoms with van der Waals surface area (Å²) in [5, 5.41) is 0. The molecular weight excluding hydrogens is 326 g/mol. The molecule has 144 valence electrons. The first-order valence-electron chi connectivity index (χ1n) is 10.3. The zero-order valence-electron chi connectivity index (χ0n) is 16.5. The van der Waals surface area contributed by atoms with Crippen LogP contribution in [0.15, 0.2) is 17.2 Å². The summed E-state index contributed by atoms with van der Waals surface area (Å²) in [6.45, 7) is 8.77. The van der Waals surface area contributed by atoms with E-state index in [0.29, 0.717) is 18.4 Å². The van der Waals surface area contributed by atoms with Crippen molar-refractivity contribution in [3.63, 3.8) is 0 Å². The van der Waals surface area contributed by atoms with Gasteiger partial charge in [0.25, 0.3) is 5.56 Å². The van der Waals surface area contributed by atoms with Gasteiger partial charge in [-0.1, -0.05) is 20.8 Å². The molecule has 5 nitrogen and oxygen atoms in total. The van der Waals surface area contributed by atoms with E-state index in [0.717, 1.165) is 50.4 Å². The Hall–Kier alpha value is -1.65. The van der Waals surface area contributed by atoms with Crippen LogP contribution in [0.1, 0.15) is 70.9 Å². The van der Waals surface area contributed by atoms with E-state index in [-0.39, 0.29) is 17.4 Å². The molecule has 0 unspecified atom stereocenters. The first-order valence-corrected chi connectivity index (χ1v) is 10.3. The Morgan fingerprint density at radius 2 is 1.81 bits per heavy atom. The van der Waals surface area contributed by atoms with Crippen molar-refractivity contribution in [2.45, 2.75) is 71.8 Å². The number of nitrogens with zero attached hydrogens (tertiary/aromatic N) is 3. The number of hydrogen-bond donors (Lipinski definition) is 0. The predicted molar refractivity (Wildman–Crippen MR) is 103 cm³/mol. The van der Waals surface area contributed by atoms with Crippen molar-refractivity contribution < 1.29 is 4.79 Å². The molecule has 0 N–H and O–H groups in total. The monoisotopic (exact) mass is 359 g/mol. The lowest BCUT2D eigenvalue weighted by Crippen LogP contribution is -2.43. The highest BCUT2D eigenvalue weighted by atomic mass is 16.2. The Kier molecular flexibility index (Phi) is 6.15. The van der Waals surface area contributed by atoms with Crippen LogP contribution in [0.4, 0.5) is 0 Å². The van der Waals surface area contributed by atoms with Crippen LogP contribution in [0.25, 0.3) is 0 Å². The molecule has 0 spiro atoms. The van der Waals surface area contributed by atoms with Crippen molar-refractivity contribution >= 4 is 5.91 Å². The van der Waals surface area contributed by atoms with Gasteiger partial charge in [-0.05, 0) is 56.3 Å². The highest BCUT2D eigenvalue weighted by Crippen LogP contribution is 2.31. The van der Waals surface area contributed by atoms with Crippen molar-refractivity contribution in [2.24, 2.45) is 17.8 Å². The Balaban J connectivity index is 1.51. The summed E-state index contributed by atoms with van der Waals surface area (Å²) in [6, 6.07) is 1.66. The Morgan fingerprint density at radius 3 is 2.38 bits per heavy atom. The lowest BCUT2D eigenvalue weighted by molar-refractivity contribution is -0.138. The third kappa shape index (κ3) is 4.54. The lowest BCUT2D eigenvalue weighted by atomic mass is 9.82. The minimum absolute atomic E-state index is 0.0403. The highest BCUT2D eigenvalue weighted by molar-refractivity contribution is 5.79. The molecule has 5 heteroatoms. The first-order chi connectivity index (χ1) is 12.4. The van der Waals surface area contributed by atoms with Crippen LogP contribution >= 0.6 is 0 Å². The third-order valence-corrected chi connectivity index (χ3v) is 6.24. The zero-order chi connectivity index (χ0) is 18.7. The van der Waals surface area contributed by atoms with Gasteiger partial charge in [0.1, 0.15) is 0 Å². The zero-order valence-corrected chi connectivity index (χ0v) is 16.5. The highest BCUT2D eigenvalue weighted by Gasteiger charge is 2.30. The molecule has 0 atom stereocenters. The van der Waals surface area contributed by atoms with Crippen molar-refractivity contribution in [1.82, 2.24) is 14.5 Å². The van der Waals surface area contributed by atoms with Gasteiger partial charge in [-0.3, -0.25) is 14.2 Å². The van der Waals surface area contributed by atoms with E-state index in [1.165, 1.54) is 12.8 Å². The number of carbonyl (C=O) groups excluding carboxylic acids is 1. The molecule has 1 aliphatic heterocycles. The Bertz CT molecular complexity index is 666. The maximum Gasteiger partial charge on any atom is 0.253 e. The van der Waals surface area contributed by atoms with E-state index in [1.54, 1.807) is 17.0 Å².